The zero-order valence-electron chi connectivity index (χ0n) is 10.8. The molecule has 0 radical (unpaired) electrons. The number of aliphatic carboxylic acids is 1. The molecule has 0 amide bonds. The number of hydrogen-bond acceptors (Lipinski definition) is 6. The first kappa shape index (κ1) is 15.4. The van der Waals surface area contributed by atoms with Gasteiger partial charge in [0, 0.05) is 19.7 Å². The maximum atomic E-state index is 11.0. The van der Waals surface area contributed by atoms with E-state index in [9.17, 15) is 14.9 Å². The number of carboxylic acid groups (broad SMARTS) is 1. The highest BCUT2D eigenvalue weighted by atomic mass is 16.6. The Labute approximate surface area is 114 Å². The van der Waals surface area contributed by atoms with Crippen molar-refractivity contribution in [3.63, 3.8) is 0 Å². The van der Waals surface area contributed by atoms with Crippen LogP contribution >= 0.6 is 0 Å². The summed E-state index contributed by atoms with van der Waals surface area (Å²) in [5.41, 5.74) is 0.0632. The number of nitro groups is 1. The molecule has 106 valence electrons. The summed E-state index contributed by atoms with van der Waals surface area (Å²) in [6, 6.07) is 5.68. The Bertz CT molecular complexity index is 553. The van der Waals surface area contributed by atoms with Crippen molar-refractivity contribution >= 4 is 17.3 Å². The van der Waals surface area contributed by atoms with Gasteiger partial charge in [-0.15, -0.1) is 0 Å². The van der Waals surface area contributed by atoms with Crippen LogP contribution in [0.25, 0.3) is 0 Å². The first-order valence-corrected chi connectivity index (χ1v) is 5.63. The van der Waals surface area contributed by atoms with E-state index >= 15 is 0 Å². The summed E-state index contributed by atoms with van der Waals surface area (Å²) in [5.74, 6) is -1.13. The number of nitriles is 1. The Hall–Kier alpha value is -2.66. The fourth-order valence-corrected chi connectivity index (χ4v) is 1.65. The largest absolute Gasteiger partial charge is 0.480 e. The molecule has 0 bridgehead atoms. The highest BCUT2D eigenvalue weighted by molar-refractivity contribution is 5.76. The Morgan fingerprint density at radius 2 is 2.30 bits per heavy atom. The van der Waals surface area contributed by atoms with Crippen molar-refractivity contribution in [2.24, 2.45) is 0 Å². The Morgan fingerprint density at radius 3 is 2.80 bits per heavy atom. The maximum absolute atomic E-state index is 11.0. The van der Waals surface area contributed by atoms with Gasteiger partial charge in [-0.05, 0) is 12.1 Å². The minimum Gasteiger partial charge on any atom is -0.480 e. The van der Waals surface area contributed by atoms with E-state index in [1.807, 2.05) is 6.07 Å². The standard InChI is InChI=1S/C12H13N3O5/c1-20-5-4-14(8-12(16)17)11-6-9(7-13)2-3-10(11)15(18)19/h2-3,6H,4-5,8H2,1H3,(H,16,17). The summed E-state index contributed by atoms with van der Waals surface area (Å²) in [5, 5.41) is 28.7. The van der Waals surface area contributed by atoms with Crippen LogP contribution < -0.4 is 4.90 Å². The van der Waals surface area contributed by atoms with Crippen LogP contribution in [0.2, 0.25) is 0 Å². The lowest BCUT2D eigenvalue weighted by Gasteiger charge is -2.22. The van der Waals surface area contributed by atoms with Crippen LogP contribution in [-0.4, -0.2) is 42.8 Å². The molecule has 20 heavy (non-hydrogen) atoms. The summed E-state index contributed by atoms with van der Waals surface area (Å²) < 4.78 is 4.86. The SMILES string of the molecule is COCCN(CC(=O)O)c1cc(C#N)ccc1[N+](=O)[O-]. The van der Waals surface area contributed by atoms with Gasteiger partial charge >= 0.3 is 5.97 Å². The number of rotatable bonds is 7. The van der Waals surface area contributed by atoms with E-state index in [1.54, 1.807) is 0 Å². The molecule has 0 saturated carbocycles. The fraction of sp³-hybridized carbons (Fsp3) is 0.333. The molecule has 0 fully saturated rings. The Balaban J connectivity index is 3.24. The number of anilines is 1. The smallest absolute Gasteiger partial charge is 0.323 e. The maximum Gasteiger partial charge on any atom is 0.323 e. The van der Waals surface area contributed by atoms with Gasteiger partial charge in [0.25, 0.3) is 5.69 Å². The van der Waals surface area contributed by atoms with E-state index in [0.29, 0.717) is 0 Å². The quantitative estimate of drug-likeness (QED) is 0.584. The first-order chi connectivity index (χ1) is 9.49. The molecule has 1 aromatic carbocycles. The molecule has 0 atom stereocenters. The molecule has 0 aliphatic heterocycles. The lowest BCUT2D eigenvalue weighted by molar-refractivity contribution is -0.384. The summed E-state index contributed by atoms with van der Waals surface area (Å²) >= 11 is 0. The fourth-order valence-electron chi connectivity index (χ4n) is 1.65. The normalized spacial score (nSPS) is 9.80. The first-order valence-electron chi connectivity index (χ1n) is 5.63. The average molecular weight is 279 g/mol. The molecule has 8 heteroatoms. The van der Waals surface area contributed by atoms with E-state index in [1.165, 1.54) is 30.2 Å². The second-order valence-corrected chi connectivity index (χ2v) is 3.88. The molecule has 1 rings (SSSR count). The molecule has 1 aromatic rings. The Morgan fingerprint density at radius 1 is 1.60 bits per heavy atom. The van der Waals surface area contributed by atoms with Crippen LogP contribution in [0, 0.1) is 21.4 Å². The number of nitrogens with zero attached hydrogens (tertiary/aromatic N) is 3. The van der Waals surface area contributed by atoms with Crippen molar-refractivity contribution in [1.29, 1.82) is 5.26 Å². The van der Waals surface area contributed by atoms with Crippen molar-refractivity contribution in [3.8, 4) is 6.07 Å². The van der Waals surface area contributed by atoms with Gasteiger partial charge in [-0.3, -0.25) is 14.9 Å². The van der Waals surface area contributed by atoms with Crippen molar-refractivity contribution in [2.45, 2.75) is 0 Å². The molecule has 0 saturated heterocycles. The van der Waals surface area contributed by atoms with E-state index in [4.69, 9.17) is 15.1 Å². The number of ether oxygens (including phenoxy) is 1. The van der Waals surface area contributed by atoms with E-state index in [0.717, 1.165) is 0 Å². The number of nitro benzene ring substituents is 1. The summed E-state index contributed by atoms with van der Waals surface area (Å²) in [7, 11) is 1.44. The zero-order chi connectivity index (χ0) is 15.1. The third kappa shape index (κ3) is 3.93. The predicted octanol–water partition coefficient (Wildman–Crippen LogP) is 1.00. The zero-order valence-corrected chi connectivity index (χ0v) is 10.8. The molecule has 0 aliphatic carbocycles. The highest BCUT2D eigenvalue weighted by Crippen LogP contribution is 2.29. The highest BCUT2D eigenvalue weighted by Gasteiger charge is 2.21. The number of methoxy groups -OCH3 is 1. The molecule has 0 unspecified atom stereocenters. The van der Waals surface area contributed by atoms with Crippen LogP contribution in [0.1, 0.15) is 5.56 Å². The molecule has 0 aromatic heterocycles. The van der Waals surface area contributed by atoms with Crippen molar-refractivity contribution < 1.29 is 19.6 Å². The van der Waals surface area contributed by atoms with Crippen molar-refractivity contribution in [2.75, 3.05) is 31.7 Å². The van der Waals surface area contributed by atoms with Crippen LogP contribution in [0.3, 0.4) is 0 Å². The number of benzene rings is 1. The average Bonchev–Trinajstić information content (AvgIpc) is 2.42. The van der Waals surface area contributed by atoms with Crippen LogP contribution in [0.5, 0.6) is 0 Å². The van der Waals surface area contributed by atoms with E-state index < -0.39 is 17.4 Å². The minimum atomic E-state index is -1.13. The van der Waals surface area contributed by atoms with Crippen LogP contribution in [0.15, 0.2) is 18.2 Å². The van der Waals surface area contributed by atoms with Gasteiger partial charge in [0.1, 0.15) is 12.2 Å². The minimum absolute atomic E-state index is 0.0912. The van der Waals surface area contributed by atoms with E-state index in [2.05, 4.69) is 0 Å². The summed E-state index contributed by atoms with van der Waals surface area (Å²) in [4.78, 5) is 22.6. The summed E-state index contributed by atoms with van der Waals surface area (Å²) in [6.45, 7) is -0.0428. The van der Waals surface area contributed by atoms with E-state index in [-0.39, 0.29) is 30.1 Å². The van der Waals surface area contributed by atoms with Gasteiger partial charge in [0.2, 0.25) is 0 Å². The van der Waals surface area contributed by atoms with Gasteiger partial charge in [-0.25, -0.2) is 0 Å². The van der Waals surface area contributed by atoms with Crippen LogP contribution in [-0.2, 0) is 9.53 Å². The topological polar surface area (TPSA) is 117 Å². The predicted molar refractivity (Wildman–Crippen MR) is 69.5 cm³/mol. The molecule has 0 spiro atoms. The lowest BCUT2D eigenvalue weighted by Crippen LogP contribution is -2.33. The molecule has 1 N–H and O–H groups in total. The van der Waals surface area contributed by atoms with Crippen molar-refractivity contribution in [1.82, 2.24) is 0 Å². The molecular weight excluding hydrogens is 266 g/mol. The third-order valence-electron chi connectivity index (χ3n) is 2.53. The summed E-state index contributed by atoms with van der Waals surface area (Å²) in [6.07, 6.45) is 0. The van der Waals surface area contributed by atoms with Gasteiger partial charge in [0.05, 0.1) is 23.2 Å². The van der Waals surface area contributed by atoms with Gasteiger partial charge in [-0.2, -0.15) is 5.26 Å². The second kappa shape index (κ2) is 7.06. The molecule has 8 nitrogen and oxygen atoms in total. The number of carboxylic acids is 1. The molecule has 0 heterocycles. The molecular formula is C12H13N3O5. The van der Waals surface area contributed by atoms with Crippen LogP contribution in [0.4, 0.5) is 11.4 Å². The Kier molecular flexibility index (Phi) is 5.43. The monoisotopic (exact) mass is 279 g/mol. The van der Waals surface area contributed by atoms with Gasteiger partial charge in [-0.1, -0.05) is 0 Å². The number of hydrogen-bond donors (Lipinski definition) is 1. The van der Waals surface area contributed by atoms with Gasteiger partial charge in [0.15, 0.2) is 0 Å². The number of carbonyl (C=O) groups is 1. The van der Waals surface area contributed by atoms with Crippen molar-refractivity contribution in [3.05, 3.63) is 33.9 Å². The third-order valence-corrected chi connectivity index (χ3v) is 2.53. The molecule has 0 aliphatic rings. The lowest BCUT2D eigenvalue weighted by atomic mass is 10.1. The van der Waals surface area contributed by atoms with Gasteiger partial charge < -0.3 is 14.7 Å². The second-order valence-electron chi connectivity index (χ2n) is 3.88.